The highest BCUT2D eigenvalue weighted by Crippen LogP contribution is 2.73. The zero-order valence-corrected chi connectivity index (χ0v) is 28.8. The topological polar surface area (TPSA) is 186 Å². The first-order valence-corrected chi connectivity index (χ1v) is 17.9. The molecule has 3 heterocycles. The fraction of sp³-hybridized carbons (Fsp3) is 0.917. The number of aliphatic hydroxyl groups excluding tert-OH is 7. The molecule has 0 radical (unpaired) electrons. The van der Waals surface area contributed by atoms with Crippen LogP contribution in [0.25, 0.3) is 0 Å². The Labute approximate surface area is 279 Å². The van der Waals surface area contributed by atoms with Gasteiger partial charge in [-0.15, -0.1) is 0 Å². The number of hydrogen-bond acceptors (Lipinski definition) is 11. The van der Waals surface area contributed by atoms with Crippen LogP contribution in [-0.4, -0.2) is 104 Å². The normalized spacial score (nSPS) is 52.3. The molecule has 0 aromatic heterocycles. The summed E-state index contributed by atoms with van der Waals surface area (Å²) in [6.07, 6.45) is 6.59. The predicted molar refractivity (Wildman–Crippen MR) is 171 cm³/mol. The summed E-state index contributed by atoms with van der Waals surface area (Å²) in [5.41, 5.74) is 2.40. The van der Waals surface area contributed by atoms with Gasteiger partial charge in [0.1, 0.15) is 18.8 Å². The van der Waals surface area contributed by atoms with E-state index in [1.54, 1.807) is 19.9 Å². The van der Waals surface area contributed by atoms with Gasteiger partial charge >= 0.3 is 5.97 Å². The van der Waals surface area contributed by atoms with Gasteiger partial charge < -0.3 is 50.0 Å². The summed E-state index contributed by atoms with van der Waals surface area (Å²) in [5, 5.41) is 64.2. The number of ether oxygens (including phenoxy) is 3. The van der Waals surface area contributed by atoms with Crippen molar-refractivity contribution in [1.29, 1.82) is 0 Å². The Morgan fingerprint density at radius 1 is 0.681 bits per heavy atom. The Bertz CT molecular complexity index is 1080. The van der Waals surface area contributed by atoms with Gasteiger partial charge in [0.2, 0.25) is 0 Å². The largest absolute Gasteiger partial charge is 0.458 e. The Morgan fingerprint density at radius 2 is 1.26 bits per heavy atom. The smallest absolute Gasteiger partial charge is 0.331 e. The van der Waals surface area contributed by atoms with Gasteiger partial charge in [0.15, 0.2) is 12.6 Å². The molecule has 47 heavy (non-hydrogen) atoms. The van der Waals surface area contributed by atoms with Crippen LogP contribution in [0.4, 0.5) is 0 Å². The molecule has 4 aliphatic carbocycles. The lowest BCUT2D eigenvalue weighted by atomic mass is 9.38. The molecule has 5 unspecified atom stereocenters. The first-order chi connectivity index (χ1) is 22.0. The summed E-state index contributed by atoms with van der Waals surface area (Å²) in [4.78, 5) is 11.7. The van der Waals surface area contributed by atoms with E-state index in [2.05, 4.69) is 20.8 Å². The molecule has 11 heteroatoms. The van der Waals surface area contributed by atoms with Crippen LogP contribution in [0.3, 0.4) is 0 Å². The number of carbonyl (C=O) groups excluding carboxylic acids is 1. The predicted octanol–water partition coefficient (Wildman–Crippen LogP) is 2.55. The first-order valence-electron chi connectivity index (χ1n) is 17.9. The lowest BCUT2D eigenvalue weighted by Crippen LogP contribution is -2.60. The van der Waals surface area contributed by atoms with Crippen molar-refractivity contribution >= 4 is 5.97 Å². The molecule has 4 saturated carbocycles. The second-order valence-electron chi connectivity index (χ2n) is 16.4. The van der Waals surface area contributed by atoms with Gasteiger partial charge in [-0.3, -0.25) is 0 Å². The monoisotopic (exact) mass is 668 g/mol. The molecule has 0 aromatic rings. The number of hydrogen-bond donors (Lipinski definition) is 7. The van der Waals surface area contributed by atoms with E-state index in [1.807, 2.05) is 0 Å². The van der Waals surface area contributed by atoms with Crippen molar-refractivity contribution in [1.82, 2.24) is 0 Å². The van der Waals surface area contributed by atoms with E-state index in [-0.39, 0.29) is 24.9 Å². The highest BCUT2D eigenvalue weighted by molar-refractivity contribution is 5.85. The van der Waals surface area contributed by atoms with E-state index in [0.29, 0.717) is 34.7 Å². The minimum Gasteiger partial charge on any atom is -0.458 e. The average molecular weight is 669 g/mol. The zero-order chi connectivity index (χ0) is 34.5. The molecule has 0 aromatic carbocycles. The number of fused-ring (bicyclic) bond motifs is 5. The highest BCUT2D eigenvalue weighted by atomic mass is 16.6. The molecule has 7 aliphatic rings. The van der Waals surface area contributed by atoms with Gasteiger partial charge in [-0.1, -0.05) is 20.8 Å². The van der Waals surface area contributed by atoms with Gasteiger partial charge in [-0.25, -0.2) is 4.79 Å². The van der Waals surface area contributed by atoms with Gasteiger partial charge in [0, 0.05) is 18.9 Å². The third kappa shape index (κ3) is 7.08. The van der Waals surface area contributed by atoms with Crippen molar-refractivity contribution in [3.8, 4) is 0 Å². The van der Waals surface area contributed by atoms with Crippen LogP contribution in [0.1, 0.15) is 105 Å². The highest BCUT2D eigenvalue weighted by Gasteiger charge is 2.65. The third-order valence-electron chi connectivity index (χ3n) is 14.0. The number of cyclic esters (lactones) is 1. The second-order valence-corrected chi connectivity index (χ2v) is 16.4. The molecule has 3 aliphatic heterocycles. The van der Waals surface area contributed by atoms with Crippen LogP contribution < -0.4 is 0 Å². The molecule has 16 atom stereocenters. The average Bonchev–Trinajstić information content (AvgIpc) is 3.58. The lowest BCUT2D eigenvalue weighted by molar-refractivity contribution is -0.226. The maximum absolute atomic E-state index is 11.7. The minimum atomic E-state index is -0.937. The fourth-order valence-electron chi connectivity index (χ4n) is 10.9. The van der Waals surface area contributed by atoms with E-state index < -0.39 is 49.2 Å². The van der Waals surface area contributed by atoms with Crippen molar-refractivity contribution in [2.75, 3.05) is 6.61 Å². The Morgan fingerprint density at radius 3 is 1.79 bits per heavy atom. The quantitative estimate of drug-likeness (QED) is 0.204. The minimum absolute atomic E-state index is 0.0696. The van der Waals surface area contributed by atoms with E-state index in [0.717, 1.165) is 24.7 Å². The SMILES string of the molecule is CC12CC[C@@]3(C)C(CC[C@@H]3C3=CC(=O)OC3)C1CC[C@@H]1C[C@@H](O)CC[C@@]12C.C[C@H]1OC(O)C[C@H](O)[C@@H]1O.C[C@H]1OC(O)C[C@H](O)[C@@H]1O. The van der Waals surface area contributed by atoms with E-state index >= 15 is 0 Å². The van der Waals surface area contributed by atoms with Crippen molar-refractivity contribution < 1.29 is 54.8 Å². The van der Waals surface area contributed by atoms with Crippen LogP contribution in [0.2, 0.25) is 0 Å². The van der Waals surface area contributed by atoms with E-state index in [1.165, 1.54) is 50.5 Å². The van der Waals surface area contributed by atoms with Crippen LogP contribution in [0.15, 0.2) is 11.6 Å². The van der Waals surface area contributed by atoms with Crippen molar-refractivity contribution in [2.45, 2.75) is 161 Å². The maximum Gasteiger partial charge on any atom is 0.331 e. The summed E-state index contributed by atoms with van der Waals surface area (Å²) in [5.74, 6) is 2.69. The molecule has 0 spiro atoms. The standard InChI is InChI=1S/C24H36O3.2C6H12O4/c1-22-10-11-24(3)20(5-4-16-13-17(25)8-9-23(16,24)2)19(22)7-6-18(22)15-12-21(26)27-14-15;2*1-3-6(9)4(7)2-5(8)10-3/h12,16-20,25H,4-11,13-14H2,1-3H3;2*3-9H,2H2,1H3/t16-,17+,18-,19?,20?,22-,23+,24?;2*3-,4+,5?,6-/m111/s1. The van der Waals surface area contributed by atoms with Crippen molar-refractivity contribution in [3.05, 3.63) is 11.6 Å². The molecule has 6 fully saturated rings. The van der Waals surface area contributed by atoms with E-state index in [4.69, 9.17) is 44.8 Å². The zero-order valence-electron chi connectivity index (χ0n) is 28.8. The van der Waals surface area contributed by atoms with Crippen molar-refractivity contribution in [3.63, 3.8) is 0 Å². The van der Waals surface area contributed by atoms with E-state index in [9.17, 15) is 9.90 Å². The number of carbonyl (C=O) groups is 1. The number of esters is 1. The second kappa shape index (κ2) is 14.2. The fourth-order valence-corrected chi connectivity index (χ4v) is 10.9. The molecule has 2 saturated heterocycles. The molecule has 7 rings (SSSR count). The number of rotatable bonds is 1. The van der Waals surface area contributed by atoms with Crippen LogP contribution >= 0.6 is 0 Å². The Balaban J connectivity index is 0.000000178. The van der Waals surface area contributed by atoms with Gasteiger partial charge in [0.25, 0.3) is 0 Å². The Hall–Kier alpha value is -1.15. The first kappa shape index (κ1) is 37.1. The third-order valence-corrected chi connectivity index (χ3v) is 14.0. The molecular weight excluding hydrogens is 608 g/mol. The van der Waals surface area contributed by atoms with Crippen LogP contribution in [0.5, 0.6) is 0 Å². The Kier molecular flexibility index (Phi) is 11.2. The summed E-state index contributed by atoms with van der Waals surface area (Å²) in [6, 6.07) is 0. The molecule has 0 amide bonds. The summed E-state index contributed by atoms with van der Waals surface area (Å²) in [6.45, 7) is 11.4. The molecule has 7 N–H and O–H groups in total. The number of aliphatic hydroxyl groups is 7. The van der Waals surface area contributed by atoms with Gasteiger partial charge in [0.05, 0.1) is 30.5 Å². The molecule has 11 nitrogen and oxygen atoms in total. The lowest BCUT2D eigenvalue weighted by Gasteiger charge is -2.67. The van der Waals surface area contributed by atoms with Crippen LogP contribution in [-0.2, 0) is 19.0 Å². The van der Waals surface area contributed by atoms with Gasteiger partial charge in [-0.2, -0.15) is 0 Å². The van der Waals surface area contributed by atoms with Crippen LogP contribution in [0, 0.1) is 39.9 Å². The maximum atomic E-state index is 11.7. The molecular formula is C36H60O11. The summed E-state index contributed by atoms with van der Waals surface area (Å²) < 4.78 is 14.9. The van der Waals surface area contributed by atoms with Gasteiger partial charge in [-0.05, 0) is 117 Å². The summed E-state index contributed by atoms with van der Waals surface area (Å²) >= 11 is 0. The molecule has 270 valence electrons. The molecule has 0 bridgehead atoms. The van der Waals surface area contributed by atoms with Crippen molar-refractivity contribution in [2.24, 2.45) is 39.9 Å². The summed E-state index contributed by atoms with van der Waals surface area (Å²) in [7, 11) is 0.